The Bertz CT molecular complexity index is 1020. The zero-order valence-electron chi connectivity index (χ0n) is 14.3. The van der Waals surface area contributed by atoms with E-state index in [4.69, 9.17) is 11.6 Å². The first-order valence-corrected chi connectivity index (χ1v) is 8.72. The minimum atomic E-state index is -0.206. The second kappa shape index (κ2) is 5.90. The molecule has 2 heterocycles. The van der Waals surface area contributed by atoms with Crippen LogP contribution < -0.4 is 16.2 Å². The smallest absolute Gasteiger partial charge is 0.258 e. The van der Waals surface area contributed by atoms with Crippen LogP contribution in [0.3, 0.4) is 0 Å². The van der Waals surface area contributed by atoms with Crippen LogP contribution in [0.4, 0.5) is 5.69 Å². The summed E-state index contributed by atoms with van der Waals surface area (Å²) in [5.41, 5.74) is 3.04. The first-order chi connectivity index (χ1) is 12.0. The molecule has 0 amide bonds. The van der Waals surface area contributed by atoms with Crippen LogP contribution in [0.1, 0.15) is 11.1 Å². The lowest BCUT2D eigenvalue weighted by molar-refractivity contribution is 0.316. The van der Waals surface area contributed by atoms with Crippen molar-refractivity contribution < 1.29 is 0 Å². The standard InChI is InChI=1S/C20H20ClN3O/c1-13-17(4-3-5-18(13)21)20(11-22-12-20)23-15-7-6-14-8-9-24(2)19(25)16(14)10-15/h3-10,22-23H,11-12H2,1-2H3. The van der Waals surface area contributed by atoms with E-state index in [1.807, 2.05) is 36.4 Å². The van der Waals surface area contributed by atoms with Gasteiger partial charge in [-0.15, -0.1) is 0 Å². The van der Waals surface area contributed by atoms with Gasteiger partial charge in [0.05, 0.1) is 5.54 Å². The summed E-state index contributed by atoms with van der Waals surface area (Å²) in [5.74, 6) is 0. The van der Waals surface area contributed by atoms with Crippen molar-refractivity contribution in [2.75, 3.05) is 18.4 Å². The summed E-state index contributed by atoms with van der Waals surface area (Å²) >= 11 is 6.33. The molecule has 0 aliphatic carbocycles. The number of fused-ring (bicyclic) bond motifs is 1. The van der Waals surface area contributed by atoms with Gasteiger partial charge in [0.15, 0.2) is 0 Å². The minimum absolute atomic E-state index is 0.0147. The molecule has 2 N–H and O–H groups in total. The number of hydrogen-bond acceptors (Lipinski definition) is 3. The van der Waals surface area contributed by atoms with Gasteiger partial charge in [-0.2, -0.15) is 0 Å². The van der Waals surface area contributed by atoms with Crippen LogP contribution in [0.5, 0.6) is 0 Å². The number of aromatic nitrogens is 1. The molecule has 128 valence electrons. The Kier molecular flexibility index (Phi) is 3.82. The fraction of sp³-hybridized carbons (Fsp3) is 0.250. The molecule has 0 unspecified atom stereocenters. The highest BCUT2D eigenvalue weighted by atomic mass is 35.5. The lowest BCUT2D eigenvalue weighted by atomic mass is 9.81. The van der Waals surface area contributed by atoms with Crippen molar-refractivity contribution >= 4 is 28.1 Å². The molecule has 1 aliphatic heterocycles. The van der Waals surface area contributed by atoms with E-state index in [2.05, 4.69) is 23.6 Å². The van der Waals surface area contributed by atoms with Crippen LogP contribution in [0.2, 0.25) is 5.02 Å². The quantitative estimate of drug-likeness (QED) is 0.758. The third-order valence-corrected chi connectivity index (χ3v) is 5.51. The van der Waals surface area contributed by atoms with Gasteiger partial charge in [0.1, 0.15) is 0 Å². The molecule has 1 saturated heterocycles. The maximum atomic E-state index is 12.4. The second-order valence-corrected chi connectivity index (χ2v) is 7.16. The Labute approximate surface area is 151 Å². The van der Waals surface area contributed by atoms with E-state index in [0.717, 1.165) is 40.1 Å². The van der Waals surface area contributed by atoms with E-state index in [0.29, 0.717) is 0 Å². The molecule has 1 aromatic heterocycles. The lowest BCUT2D eigenvalue weighted by Crippen LogP contribution is -2.61. The topological polar surface area (TPSA) is 46.1 Å². The number of anilines is 1. The van der Waals surface area contributed by atoms with Gasteiger partial charge < -0.3 is 15.2 Å². The van der Waals surface area contributed by atoms with Crippen molar-refractivity contribution in [3.05, 3.63) is 75.2 Å². The summed E-state index contributed by atoms with van der Waals surface area (Å²) in [6, 6.07) is 13.9. The van der Waals surface area contributed by atoms with E-state index in [1.54, 1.807) is 17.8 Å². The molecule has 0 bridgehead atoms. The largest absolute Gasteiger partial charge is 0.373 e. The van der Waals surface area contributed by atoms with E-state index in [1.165, 1.54) is 5.56 Å². The summed E-state index contributed by atoms with van der Waals surface area (Å²) in [5, 5.41) is 9.45. The number of nitrogens with one attached hydrogen (secondary N) is 2. The third kappa shape index (κ3) is 2.62. The fourth-order valence-corrected chi connectivity index (χ4v) is 3.71. The molecule has 1 fully saturated rings. The number of halogens is 1. The zero-order valence-corrected chi connectivity index (χ0v) is 15.0. The van der Waals surface area contributed by atoms with Crippen LogP contribution in [0, 0.1) is 6.92 Å². The number of hydrogen-bond donors (Lipinski definition) is 2. The van der Waals surface area contributed by atoms with Crippen molar-refractivity contribution in [3.63, 3.8) is 0 Å². The monoisotopic (exact) mass is 353 g/mol. The van der Waals surface area contributed by atoms with Crippen LogP contribution in [0.15, 0.2) is 53.5 Å². The maximum absolute atomic E-state index is 12.4. The lowest BCUT2D eigenvalue weighted by Gasteiger charge is -2.45. The third-order valence-electron chi connectivity index (χ3n) is 5.10. The van der Waals surface area contributed by atoms with Crippen LogP contribution in [-0.2, 0) is 12.6 Å². The zero-order chi connectivity index (χ0) is 17.6. The van der Waals surface area contributed by atoms with Crippen molar-refractivity contribution in [3.8, 4) is 0 Å². The number of nitrogens with zero attached hydrogens (tertiary/aromatic N) is 1. The van der Waals surface area contributed by atoms with E-state index in [-0.39, 0.29) is 11.1 Å². The van der Waals surface area contributed by atoms with Crippen molar-refractivity contribution in [2.24, 2.45) is 7.05 Å². The second-order valence-electron chi connectivity index (χ2n) is 6.76. The molecule has 3 aromatic rings. The molecule has 0 spiro atoms. The van der Waals surface area contributed by atoms with Gasteiger partial charge in [0, 0.05) is 42.4 Å². The van der Waals surface area contributed by atoms with Gasteiger partial charge in [-0.3, -0.25) is 4.79 Å². The van der Waals surface area contributed by atoms with Gasteiger partial charge >= 0.3 is 0 Å². The number of benzene rings is 2. The first-order valence-electron chi connectivity index (χ1n) is 8.34. The molecule has 4 nitrogen and oxygen atoms in total. The molecule has 5 heteroatoms. The summed E-state index contributed by atoms with van der Waals surface area (Å²) in [7, 11) is 1.77. The normalized spacial score (nSPS) is 15.8. The minimum Gasteiger partial charge on any atom is -0.373 e. The summed E-state index contributed by atoms with van der Waals surface area (Å²) in [6.45, 7) is 3.69. The number of rotatable bonds is 3. The van der Waals surface area contributed by atoms with Crippen molar-refractivity contribution in [1.29, 1.82) is 0 Å². The highest BCUT2D eigenvalue weighted by Gasteiger charge is 2.40. The van der Waals surface area contributed by atoms with Gasteiger partial charge in [-0.1, -0.05) is 29.8 Å². The van der Waals surface area contributed by atoms with E-state index in [9.17, 15) is 4.79 Å². The molecular weight excluding hydrogens is 334 g/mol. The van der Waals surface area contributed by atoms with Crippen molar-refractivity contribution in [1.82, 2.24) is 9.88 Å². The Morgan fingerprint density at radius 3 is 2.72 bits per heavy atom. The average molecular weight is 354 g/mol. The fourth-order valence-electron chi connectivity index (χ4n) is 3.54. The van der Waals surface area contributed by atoms with Crippen LogP contribution in [0.25, 0.3) is 10.8 Å². The highest BCUT2D eigenvalue weighted by molar-refractivity contribution is 6.31. The summed E-state index contributed by atoms with van der Waals surface area (Å²) < 4.78 is 1.61. The SMILES string of the molecule is Cc1c(Cl)cccc1C1(Nc2ccc3ccn(C)c(=O)c3c2)CNC1. The molecule has 4 rings (SSSR count). The van der Waals surface area contributed by atoms with Crippen LogP contribution >= 0.6 is 11.6 Å². The van der Waals surface area contributed by atoms with Gasteiger partial charge in [0.2, 0.25) is 0 Å². The number of aryl methyl sites for hydroxylation is 1. The molecule has 0 radical (unpaired) electrons. The molecule has 25 heavy (non-hydrogen) atoms. The van der Waals surface area contributed by atoms with E-state index >= 15 is 0 Å². The molecule has 0 saturated carbocycles. The van der Waals surface area contributed by atoms with Gasteiger partial charge in [0.25, 0.3) is 5.56 Å². The Morgan fingerprint density at radius 1 is 1.20 bits per heavy atom. The van der Waals surface area contributed by atoms with Crippen LogP contribution in [-0.4, -0.2) is 17.7 Å². The van der Waals surface area contributed by atoms with Gasteiger partial charge in [-0.25, -0.2) is 0 Å². The summed E-state index contributed by atoms with van der Waals surface area (Å²) in [6.07, 6.45) is 1.80. The molecule has 0 atom stereocenters. The maximum Gasteiger partial charge on any atom is 0.258 e. The predicted molar refractivity (Wildman–Crippen MR) is 104 cm³/mol. The highest BCUT2D eigenvalue weighted by Crippen LogP contribution is 2.35. The molecule has 1 aliphatic rings. The Hall–Kier alpha value is -2.30. The van der Waals surface area contributed by atoms with Crippen molar-refractivity contribution in [2.45, 2.75) is 12.5 Å². The Balaban J connectivity index is 1.78. The average Bonchev–Trinajstić information content (AvgIpc) is 2.58. The predicted octanol–water partition coefficient (Wildman–Crippen LogP) is 3.41. The Morgan fingerprint density at radius 2 is 2.00 bits per heavy atom. The first kappa shape index (κ1) is 16.2. The van der Waals surface area contributed by atoms with E-state index < -0.39 is 0 Å². The molecular formula is C20H20ClN3O. The summed E-state index contributed by atoms with van der Waals surface area (Å²) in [4.78, 5) is 12.4. The van der Waals surface area contributed by atoms with Gasteiger partial charge in [-0.05, 0) is 47.7 Å². The molecule has 2 aromatic carbocycles. The number of pyridine rings is 1.